The molecule has 0 radical (unpaired) electrons. The second-order valence-electron chi connectivity index (χ2n) is 7.94. The van der Waals surface area contributed by atoms with Crippen molar-refractivity contribution in [2.75, 3.05) is 17.4 Å². The molecular weight excluding hydrogens is 484 g/mol. The highest BCUT2D eigenvalue weighted by Gasteiger charge is 2.32. The first kappa shape index (κ1) is 26.4. The number of benzene rings is 2. The van der Waals surface area contributed by atoms with Crippen LogP contribution in [0.25, 0.3) is 5.70 Å². The molecule has 0 amide bonds. The normalized spacial score (nSPS) is 14.2. The fourth-order valence-electron chi connectivity index (χ4n) is 3.32. The van der Waals surface area contributed by atoms with E-state index >= 15 is 0 Å². The van der Waals surface area contributed by atoms with E-state index in [-0.39, 0.29) is 24.5 Å². The molecule has 1 aliphatic heterocycles. The zero-order valence-electron chi connectivity index (χ0n) is 18.7. The van der Waals surface area contributed by atoms with E-state index in [1.807, 2.05) is 5.43 Å². The summed E-state index contributed by atoms with van der Waals surface area (Å²) in [5.41, 5.74) is 4.08. The monoisotopic (exact) mass is 507 g/mol. The van der Waals surface area contributed by atoms with Crippen LogP contribution in [0.4, 0.5) is 27.6 Å². The molecule has 2 aromatic carbocycles. The molecule has 1 fully saturated rings. The average Bonchev–Trinajstić information content (AvgIpc) is 2.82. The van der Waals surface area contributed by atoms with Gasteiger partial charge in [0.25, 0.3) is 6.71 Å². The van der Waals surface area contributed by atoms with E-state index < -0.39 is 23.5 Å². The van der Waals surface area contributed by atoms with Gasteiger partial charge in [0.2, 0.25) is 0 Å². The maximum absolute atomic E-state index is 15.0. The van der Waals surface area contributed by atoms with E-state index in [1.54, 1.807) is 16.4 Å². The zero-order chi connectivity index (χ0) is 25.6. The molecule has 1 saturated heterocycles. The van der Waals surface area contributed by atoms with Gasteiger partial charge in [-0.25, -0.2) is 18.3 Å². The van der Waals surface area contributed by atoms with Crippen molar-refractivity contribution in [1.82, 2.24) is 15.2 Å². The Kier molecular flexibility index (Phi) is 8.69. The highest BCUT2D eigenvalue weighted by atomic mass is 32.2. The lowest BCUT2D eigenvalue weighted by Crippen LogP contribution is -2.35. The number of hydrazine groups is 1. The standard InChI is InChI=1S/C23H23BF5N5S/c1-16(31-32-17(2)23(27,28)29)18-6-7-19(22(26)12-18)14-34(21-5-3-4-20(25)13-21)35-33-10-8-24(15-30)9-11-33/h3-7,12-13,31-32H,1-2,8-11,14H2. The van der Waals surface area contributed by atoms with E-state index in [2.05, 4.69) is 28.9 Å². The Morgan fingerprint density at radius 2 is 1.83 bits per heavy atom. The lowest BCUT2D eigenvalue weighted by Gasteiger charge is -2.33. The van der Waals surface area contributed by atoms with Gasteiger partial charge in [0, 0.05) is 42.3 Å². The van der Waals surface area contributed by atoms with Gasteiger partial charge in [-0.15, -0.1) is 0 Å². The van der Waals surface area contributed by atoms with E-state index in [0.29, 0.717) is 37.0 Å². The van der Waals surface area contributed by atoms with Crippen molar-refractivity contribution in [3.05, 3.63) is 84.1 Å². The number of alkyl halides is 3. The molecule has 0 saturated carbocycles. The molecule has 1 heterocycles. The number of hydrogen-bond donors (Lipinski definition) is 2. The van der Waals surface area contributed by atoms with Gasteiger partial charge >= 0.3 is 6.18 Å². The fourth-order valence-corrected chi connectivity index (χ4v) is 4.37. The summed E-state index contributed by atoms with van der Waals surface area (Å²) in [6.07, 6.45) is -3.20. The lowest BCUT2D eigenvalue weighted by molar-refractivity contribution is -0.0971. The van der Waals surface area contributed by atoms with E-state index in [0.717, 1.165) is 6.07 Å². The minimum atomic E-state index is -4.63. The molecule has 1 aliphatic rings. The van der Waals surface area contributed by atoms with Gasteiger partial charge in [0.15, 0.2) is 0 Å². The first-order valence-corrected chi connectivity index (χ1v) is 11.4. The molecule has 0 spiro atoms. The molecule has 184 valence electrons. The second-order valence-corrected chi connectivity index (χ2v) is 9.06. The minimum Gasteiger partial charge on any atom is -0.301 e. The van der Waals surface area contributed by atoms with Gasteiger partial charge in [-0.3, -0.25) is 9.73 Å². The quantitative estimate of drug-likeness (QED) is 0.201. The Balaban J connectivity index is 1.73. The van der Waals surface area contributed by atoms with Crippen molar-refractivity contribution in [3.8, 4) is 5.97 Å². The molecule has 0 aromatic heterocycles. The summed E-state index contributed by atoms with van der Waals surface area (Å²) in [5.74, 6) is 1.25. The van der Waals surface area contributed by atoms with Crippen molar-refractivity contribution in [2.24, 2.45) is 0 Å². The van der Waals surface area contributed by atoms with Gasteiger partial charge in [0.1, 0.15) is 17.3 Å². The number of allylic oxidation sites excluding steroid dienone is 1. The molecular formula is C23H23BF5N5S. The highest BCUT2D eigenvalue weighted by molar-refractivity contribution is 7.98. The van der Waals surface area contributed by atoms with Crippen LogP contribution in [0.15, 0.2) is 61.3 Å². The Labute approximate surface area is 205 Å². The first-order valence-electron chi connectivity index (χ1n) is 10.7. The SMILES string of the molecule is C=C(NNC(=C)C(F)(F)F)c1ccc(CN(SN2CCB(C#N)CC2)c2cccc(F)c2)c(F)c1. The summed E-state index contributed by atoms with van der Waals surface area (Å²) in [5, 5.41) is 9.11. The maximum Gasteiger partial charge on any atom is 0.432 e. The third kappa shape index (κ3) is 7.41. The van der Waals surface area contributed by atoms with Gasteiger partial charge in [-0.05, 0) is 36.9 Å². The van der Waals surface area contributed by atoms with Crippen LogP contribution < -0.4 is 15.2 Å². The number of halogens is 5. The molecule has 35 heavy (non-hydrogen) atoms. The van der Waals surface area contributed by atoms with Crippen LogP contribution in [0.2, 0.25) is 12.6 Å². The summed E-state index contributed by atoms with van der Waals surface area (Å²) in [6, 6.07) is 10.2. The van der Waals surface area contributed by atoms with Crippen LogP contribution >= 0.6 is 12.1 Å². The number of hydrogen-bond acceptors (Lipinski definition) is 6. The molecule has 0 unspecified atom stereocenters. The third-order valence-electron chi connectivity index (χ3n) is 5.37. The van der Waals surface area contributed by atoms with Gasteiger partial charge in [0.05, 0.1) is 17.9 Å². The molecule has 0 bridgehead atoms. The van der Waals surface area contributed by atoms with Crippen molar-refractivity contribution in [3.63, 3.8) is 0 Å². The molecule has 3 rings (SSSR count). The Morgan fingerprint density at radius 3 is 2.43 bits per heavy atom. The lowest BCUT2D eigenvalue weighted by atomic mass is 9.45. The van der Waals surface area contributed by atoms with Crippen LogP contribution in [-0.4, -0.2) is 30.3 Å². The van der Waals surface area contributed by atoms with Crippen LogP contribution in [0.5, 0.6) is 0 Å². The zero-order valence-corrected chi connectivity index (χ0v) is 19.5. The molecule has 2 N–H and O–H groups in total. The number of nitriles is 1. The van der Waals surface area contributed by atoms with Crippen LogP contribution in [0.3, 0.4) is 0 Å². The molecule has 0 aliphatic carbocycles. The van der Waals surface area contributed by atoms with E-state index in [1.165, 1.54) is 36.4 Å². The Bertz CT molecular complexity index is 1110. The van der Waals surface area contributed by atoms with Crippen LogP contribution in [0, 0.1) is 22.9 Å². The number of nitrogens with one attached hydrogen (secondary N) is 2. The second kappa shape index (κ2) is 11.5. The van der Waals surface area contributed by atoms with E-state index in [9.17, 15) is 22.0 Å². The Hall–Kier alpha value is -3.17. The predicted octanol–water partition coefficient (Wildman–Crippen LogP) is 5.55. The van der Waals surface area contributed by atoms with Gasteiger partial charge in [-0.1, -0.05) is 31.4 Å². The average molecular weight is 507 g/mol. The smallest absolute Gasteiger partial charge is 0.301 e. The summed E-state index contributed by atoms with van der Waals surface area (Å²) in [7, 11) is 0. The van der Waals surface area contributed by atoms with E-state index in [4.69, 9.17) is 5.26 Å². The number of rotatable bonds is 9. The summed E-state index contributed by atoms with van der Waals surface area (Å²) >= 11 is 1.34. The van der Waals surface area contributed by atoms with Gasteiger partial charge in [-0.2, -0.15) is 13.2 Å². The molecule has 12 heteroatoms. The highest BCUT2D eigenvalue weighted by Crippen LogP contribution is 2.31. The van der Waals surface area contributed by atoms with Crippen molar-refractivity contribution in [2.45, 2.75) is 25.4 Å². The largest absolute Gasteiger partial charge is 0.432 e. The molecule has 0 atom stereocenters. The summed E-state index contributed by atoms with van der Waals surface area (Å²) < 4.78 is 70.4. The molecule has 2 aromatic rings. The molecule has 5 nitrogen and oxygen atoms in total. The van der Waals surface area contributed by atoms with Gasteiger partial charge < -0.3 is 5.43 Å². The topological polar surface area (TPSA) is 54.3 Å². The van der Waals surface area contributed by atoms with Crippen molar-refractivity contribution in [1.29, 1.82) is 5.26 Å². The number of anilines is 1. The van der Waals surface area contributed by atoms with Crippen molar-refractivity contribution >= 4 is 30.2 Å². The summed E-state index contributed by atoms with van der Waals surface area (Å²) in [6.45, 7) is 7.93. The maximum atomic E-state index is 15.0. The Morgan fingerprint density at radius 1 is 1.11 bits per heavy atom. The van der Waals surface area contributed by atoms with Crippen LogP contribution in [-0.2, 0) is 6.54 Å². The van der Waals surface area contributed by atoms with Crippen LogP contribution in [0.1, 0.15) is 11.1 Å². The van der Waals surface area contributed by atoms with Crippen molar-refractivity contribution < 1.29 is 22.0 Å². The summed E-state index contributed by atoms with van der Waals surface area (Å²) in [4.78, 5) is 0. The minimum absolute atomic E-state index is 0.00366. The predicted molar refractivity (Wildman–Crippen MR) is 130 cm³/mol. The fraction of sp³-hybridized carbons (Fsp3) is 0.261. The third-order valence-corrected chi connectivity index (χ3v) is 6.50. The number of nitrogens with zero attached hydrogens (tertiary/aromatic N) is 3. The first-order chi connectivity index (χ1) is 16.6.